The number of carbonyl (C=O) groups is 2. The third kappa shape index (κ3) is 4.51. The first-order valence-corrected chi connectivity index (χ1v) is 11.1. The number of carboxylic acids is 1. The lowest BCUT2D eigenvalue weighted by molar-refractivity contribution is -0.141. The Hall–Kier alpha value is -3.16. The molecule has 9 heteroatoms. The highest BCUT2D eigenvalue weighted by Gasteiger charge is 2.42. The lowest BCUT2D eigenvalue weighted by Crippen LogP contribution is -2.41. The van der Waals surface area contributed by atoms with E-state index < -0.39 is 18.1 Å². The van der Waals surface area contributed by atoms with Crippen molar-refractivity contribution in [1.82, 2.24) is 14.9 Å². The number of carbonyl (C=O) groups excluding carboxylic acids is 1. The average molecular weight is 485 g/mol. The largest absolute Gasteiger partial charge is 0.480 e. The Morgan fingerprint density at radius 2 is 1.76 bits per heavy atom. The van der Waals surface area contributed by atoms with Crippen LogP contribution in [0, 0.1) is 0 Å². The van der Waals surface area contributed by atoms with Crippen LogP contribution >= 0.6 is 23.2 Å². The number of aliphatic carboxylic acids is 1. The fourth-order valence-electron chi connectivity index (χ4n) is 4.23. The quantitative estimate of drug-likeness (QED) is 0.515. The molecule has 2 atom stereocenters. The van der Waals surface area contributed by atoms with E-state index >= 15 is 0 Å². The Bertz CT molecular complexity index is 1200. The van der Waals surface area contributed by atoms with Gasteiger partial charge in [0.2, 0.25) is 5.28 Å². The van der Waals surface area contributed by atoms with Crippen molar-refractivity contribution >= 4 is 40.9 Å². The Kier molecular flexibility index (Phi) is 6.54. The van der Waals surface area contributed by atoms with Gasteiger partial charge in [-0.3, -0.25) is 4.79 Å². The van der Waals surface area contributed by atoms with Crippen molar-refractivity contribution in [1.29, 1.82) is 0 Å². The molecular weight excluding hydrogens is 463 g/mol. The molecule has 7 nitrogen and oxygen atoms in total. The van der Waals surface area contributed by atoms with E-state index in [0.29, 0.717) is 29.2 Å². The zero-order valence-corrected chi connectivity index (χ0v) is 19.6. The van der Waals surface area contributed by atoms with Gasteiger partial charge < -0.3 is 14.9 Å². The second-order valence-corrected chi connectivity index (χ2v) is 8.77. The van der Waals surface area contributed by atoms with Crippen LogP contribution in [0.15, 0.2) is 54.7 Å². The topological polar surface area (TPSA) is 86.6 Å². The van der Waals surface area contributed by atoms with Gasteiger partial charge in [-0.2, -0.15) is 4.98 Å². The van der Waals surface area contributed by atoms with Crippen molar-refractivity contribution in [2.45, 2.75) is 24.9 Å². The van der Waals surface area contributed by atoms with Gasteiger partial charge in [-0.15, -0.1) is 0 Å². The molecular formula is C24H22Cl2N4O3. The van der Waals surface area contributed by atoms with Crippen molar-refractivity contribution in [3.05, 3.63) is 76.2 Å². The van der Waals surface area contributed by atoms with Crippen molar-refractivity contribution in [3.63, 3.8) is 0 Å². The Labute approximate surface area is 201 Å². The van der Waals surface area contributed by atoms with Gasteiger partial charge in [0.05, 0.1) is 6.04 Å². The predicted molar refractivity (Wildman–Crippen MR) is 128 cm³/mol. The van der Waals surface area contributed by atoms with Crippen LogP contribution in [0.2, 0.25) is 10.3 Å². The van der Waals surface area contributed by atoms with Gasteiger partial charge in [0, 0.05) is 36.4 Å². The highest BCUT2D eigenvalue weighted by Crippen LogP contribution is 2.40. The molecule has 2 heterocycles. The van der Waals surface area contributed by atoms with Gasteiger partial charge >= 0.3 is 5.97 Å². The summed E-state index contributed by atoms with van der Waals surface area (Å²) in [7, 11) is 3.71. The molecule has 1 fully saturated rings. The monoisotopic (exact) mass is 484 g/mol. The minimum Gasteiger partial charge on any atom is -0.480 e. The molecule has 0 radical (unpaired) electrons. The van der Waals surface area contributed by atoms with Crippen LogP contribution in [-0.4, -0.2) is 52.0 Å². The molecule has 0 aliphatic carbocycles. The van der Waals surface area contributed by atoms with E-state index in [1.54, 1.807) is 36.5 Å². The first-order chi connectivity index (χ1) is 15.8. The smallest absolute Gasteiger partial charge is 0.326 e. The molecule has 1 amide bonds. The van der Waals surface area contributed by atoms with Crippen molar-refractivity contribution < 1.29 is 14.7 Å². The molecule has 1 saturated heterocycles. The number of carboxylic acid groups (broad SMARTS) is 1. The molecule has 33 heavy (non-hydrogen) atoms. The summed E-state index contributed by atoms with van der Waals surface area (Å²) in [4.78, 5) is 37.0. The number of hydrogen-bond donors (Lipinski definition) is 1. The molecule has 1 aromatic heterocycles. The second kappa shape index (κ2) is 9.37. The van der Waals surface area contributed by atoms with Crippen molar-refractivity contribution in [2.24, 2.45) is 0 Å². The third-order valence-electron chi connectivity index (χ3n) is 5.77. The SMILES string of the molecule is CN(C)c1nc(Cl)ncc1-c1ccc(C(=O)N2C(C(=O)O)CCC2c2ccccc2Cl)cc1. The first kappa shape index (κ1) is 23.0. The number of halogens is 2. The van der Waals surface area contributed by atoms with E-state index in [-0.39, 0.29) is 11.2 Å². The summed E-state index contributed by atoms with van der Waals surface area (Å²) in [6.45, 7) is 0. The summed E-state index contributed by atoms with van der Waals surface area (Å²) in [6, 6.07) is 12.9. The number of hydrogen-bond acceptors (Lipinski definition) is 5. The van der Waals surface area contributed by atoms with E-state index in [1.165, 1.54) is 4.90 Å². The summed E-state index contributed by atoms with van der Waals surface area (Å²) in [5.74, 6) is -0.724. The number of anilines is 1. The van der Waals surface area contributed by atoms with E-state index in [0.717, 1.165) is 16.7 Å². The summed E-state index contributed by atoms with van der Waals surface area (Å²) in [6.07, 6.45) is 2.53. The first-order valence-electron chi connectivity index (χ1n) is 10.4. The van der Waals surface area contributed by atoms with Gasteiger partial charge in [0.25, 0.3) is 5.91 Å². The Morgan fingerprint density at radius 1 is 1.06 bits per heavy atom. The van der Waals surface area contributed by atoms with E-state index in [9.17, 15) is 14.7 Å². The molecule has 2 unspecified atom stereocenters. The van der Waals surface area contributed by atoms with E-state index in [2.05, 4.69) is 9.97 Å². The van der Waals surface area contributed by atoms with E-state index in [1.807, 2.05) is 37.2 Å². The second-order valence-electron chi connectivity index (χ2n) is 8.03. The number of benzene rings is 2. The third-order valence-corrected chi connectivity index (χ3v) is 6.30. The van der Waals surface area contributed by atoms with Crippen molar-refractivity contribution in [3.8, 4) is 11.1 Å². The van der Waals surface area contributed by atoms with Crippen LogP contribution < -0.4 is 4.90 Å². The lowest BCUT2D eigenvalue weighted by Gasteiger charge is -2.29. The Balaban J connectivity index is 1.68. The predicted octanol–water partition coefficient (Wildman–Crippen LogP) is 4.95. The lowest BCUT2D eigenvalue weighted by atomic mass is 10.0. The zero-order chi connectivity index (χ0) is 23.7. The average Bonchev–Trinajstić information content (AvgIpc) is 3.24. The van der Waals surface area contributed by atoms with Crippen LogP contribution in [0.3, 0.4) is 0 Å². The minimum atomic E-state index is -1.02. The molecule has 0 bridgehead atoms. The van der Waals surface area contributed by atoms with Crippen LogP contribution in [0.25, 0.3) is 11.1 Å². The molecule has 2 aromatic carbocycles. The van der Waals surface area contributed by atoms with Gasteiger partial charge in [-0.05, 0) is 53.8 Å². The van der Waals surface area contributed by atoms with Gasteiger partial charge in [-0.1, -0.05) is 41.9 Å². The summed E-state index contributed by atoms with van der Waals surface area (Å²) in [5.41, 5.74) is 2.72. The summed E-state index contributed by atoms with van der Waals surface area (Å²) >= 11 is 12.3. The fourth-order valence-corrected chi connectivity index (χ4v) is 4.62. The van der Waals surface area contributed by atoms with Crippen LogP contribution in [-0.2, 0) is 4.79 Å². The maximum absolute atomic E-state index is 13.5. The van der Waals surface area contributed by atoms with Crippen LogP contribution in [0.5, 0.6) is 0 Å². The standard InChI is InChI=1S/C24H22Cl2N4O3/c1-29(2)21-17(13-27-24(26)28-21)14-7-9-15(10-8-14)22(31)30-19(11-12-20(30)23(32)33)16-5-3-4-6-18(16)25/h3-10,13,19-20H,11-12H2,1-2H3,(H,32,33). The number of likely N-dealkylation sites (tertiary alicyclic amines) is 1. The number of nitrogens with zero attached hydrogens (tertiary/aromatic N) is 4. The number of amides is 1. The number of rotatable bonds is 5. The molecule has 3 aromatic rings. The van der Waals surface area contributed by atoms with E-state index in [4.69, 9.17) is 23.2 Å². The maximum atomic E-state index is 13.5. The molecule has 1 N–H and O–H groups in total. The highest BCUT2D eigenvalue weighted by molar-refractivity contribution is 6.31. The molecule has 1 aliphatic heterocycles. The molecule has 4 rings (SSSR count). The minimum absolute atomic E-state index is 0.147. The fraction of sp³-hybridized carbons (Fsp3) is 0.250. The zero-order valence-electron chi connectivity index (χ0n) is 18.1. The van der Waals surface area contributed by atoms with Crippen molar-refractivity contribution in [2.75, 3.05) is 19.0 Å². The van der Waals surface area contributed by atoms with Gasteiger partial charge in [0.15, 0.2) is 0 Å². The summed E-state index contributed by atoms with van der Waals surface area (Å²) < 4.78 is 0. The maximum Gasteiger partial charge on any atom is 0.326 e. The number of aromatic nitrogens is 2. The normalized spacial score (nSPS) is 17.8. The van der Waals surface area contributed by atoms with Gasteiger partial charge in [-0.25, -0.2) is 9.78 Å². The van der Waals surface area contributed by atoms with Gasteiger partial charge in [0.1, 0.15) is 11.9 Å². The van der Waals surface area contributed by atoms with Crippen LogP contribution in [0.4, 0.5) is 5.82 Å². The molecule has 0 spiro atoms. The molecule has 0 saturated carbocycles. The molecule has 1 aliphatic rings. The Morgan fingerprint density at radius 3 is 2.39 bits per heavy atom. The molecule has 170 valence electrons. The summed E-state index contributed by atoms with van der Waals surface area (Å²) in [5, 5.41) is 10.4. The van der Waals surface area contributed by atoms with Crippen LogP contribution in [0.1, 0.15) is 34.8 Å². The highest BCUT2D eigenvalue weighted by atomic mass is 35.5.